The Balaban J connectivity index is 1.34. The number of benzene rings is 2. The van der Waals surface area contributed by atoms with Crippen molar-refractivity contribution >= 4 is 33.3 Å². The van der Waals surface area contributed by atoms with Crippen molar-refractivity contribution in [1.29, 1.82) is 0 Å². The quantitative estimate of drug-likeness (QED) is 0.0872. The number of hydrogen-bond donors (Lipinski definition) is 2. The zero-order valence-electron chi connectivity index (χ0n) is 29.9. The molecule has 0 saturated carbocycles. The molecule has 49 heavy (non-hydrogen) atoms. The number of ether oxygens (including phenoxy) is 1. The van der Waals surface area contributed by atoms with E-state index in [1.54, 1.807) is 10.6 Å². The first kappa shape index (κ1) is 36.2. The summed E-state index contributed by atoms with van der Waals surface area (Å²) in [5, 5.41) is 10.9. The molecule has 2 N–H and O–H groups in total. The number of nitrogens with one attached hydrogen (secondary N) is 2. The fourth-order valence-corrected chi connectivity index (χ4v) is 7.42. The lowest BCUT2D eigenvalue weighted by atomic mass is 9.76. The zero-order valence-corrected chi connectivity index (χ0v) is 30.9. The molecule has 2 atom stereocenters. The second kappa shape index (κ2) is 15.7. The van der Waals surface area contributed by atoms with E-state index >= 15 is 0 Å². The second-order valence-electron chi connectivity index (χ2n) is 14.6. The van der Waals surface area contributed by atoms with Crippen LogP contribution >= 0.6 is 0 Å². The fourth-order valence-electron chi connectivity index (χ4n) is 6.67. The van der Waals surface area contributed by atoms with Crippen LogP contribution in [0.3, 0.4) is 0 Å². The minimum absolute atomic E-state index is 0.0360. The van der Waals surface area contributed by atoms with Gasteiger partial charge in [0.1, 0.15) is 6.73 Å². The number of anilines is 1. The van der Waals surface area contributed by atoms with Crippen LogP contribution in [0, 0.1) is 13.8 Å². The molecule has 4 aromatic rings. The largest absolute Gasteiger partial charge is 0.360 e. The third kappa shape index (κ3) is 8.76. The van der Waals surface area contributed by atoms with Gasteiger partial charge in [-0.3, -0.25) is 9.59 Å². The van der Waals surface area contributed by atoms with E-state index < -0.39 is 14.1 Å². The monoisotopic (exact) mass is 678 g/mol. The van der Waals surface area contributed by atoms with Gasteiger partial charge >= 0.3 is 0 Å². The minimum atomic E-state index is -1.16. The maximum atomic E-state index is 13.9. The van der Waals surface area contributed by atoms with Gasteiger partial charge in [0.05, 0.1) is 17.9 Å². The van der Waals surface area contributed by atoms with E-state index in [2.05, 4.69) is 55.3 Å². The van der Waals surface area contributed by atoms with Crippen LogP contribution in [0.5, 0.6) is 0 Å². The number of hydrogen-bond acceptors (Lipinski definition) is 6. The van der Waals surface area contributed by atoms with E-state index in [9.17, 15) is 14.4 Å². The molecule has 1 radical (unpaired) electrons. The lowest BCUT2D eigenvalue weighted by Crippen LogP contribution is -2.47. The molecular formula is C38H49BN5O4Si. The van der Waals surface area contributed by atoms with Crippen molar-refractivity contribution in [2.45, 2.75) is 97.4 Å². The molecule has 2 aromatic heterocycles. The molecule has 5 rings (SSSR count). The zero-order chi connectivity index (χ0) is 35.3. The van der Waals surface area contributed by atoms with Gasteiger partial charge in [-0.05, 0) is 99.0 Å². The van der Waals surface area contributed by atoms with E-state index in [4.69, 9.17) is 9.84 Å². The van der Waals surface area contributed by atoms with Gasteiger partial charge in [-0.15, -0.1) is 0 Å². The average Bonchev–Trinajstić information content (AvgIpc) is 3.35. The Morgan fingerprint density at radius 3 is 2.47 bits per heavy atom. The Bertz CT molecular complexity index is 1840. The molecule has 2 heterocycles. The molecule has 0 bridgehead atoms. The molecule has 0 saturated heterocycles. The molecule has 11 heteroatoms. The van der Waals surface area contributed by atoms with E-state index in [0.29, 0.717) is 18.6 Å². The summed E-state index contributed by atoms with van der Waals surface area (Å²) >= 11 is 0. The van der Waals surface area contributed by atoms with E-state index in [-0.39, 0.29) is 23.4 Å². The van der Waals surface area contributed by atoms with Gasteiger partial charge in [-0.1, -0.05) is 50.0 Å². The lowest BCUT2D eigenvalue weighted by Gasteiger charge is -2.32. The van der Waals surface area contributed by atoms with Gasteiger partial charge in [-0.25, -0.2) is 4.68 Å². The summed E-state index contributed by atoms with van der Waals surface area (Å²) in [6.45, 7) is 16.2. The Kier molecular flexibility index (Phi) is 11.6. The molecule has 1 amide bonds. The Hall–Kier alpha value is -4.06. The molecule has 9 nitrogen and oxygen atoms in total. The van der Waals surface area contributed by atoms with Crippen molar-refractivity contribution < 1.29 is 14.3 Å². The van der Waals surface area contributed by atoms with Gasteiger partial charge in [0.25, 0.3) is 13.0 Å². The fraction of sp³-hybridized carbons (Fsp3) is 0.421. The van der Waals surface area contributed by atoms with Crippen molar-refractivity contribution in [3.8, 4) is 22.3 Å². The summed E-state index contributed by atoms with van der Waals surface area (Å²) in [6, 6.07) is 18.1. The van der Waals surface area contributed by atoms with Crippen LogP contribution in [0.25, 0.3) is 22.3 Å². The number of aromatic nitrogens is 3. The summed E-state index contributed by atoms with van der Waals surface area (Å²) in [7, 11) is 0.146. The summed E-state index contributed by atoms with van der Waals surface area (Å²) in [4.78, 5) is 37.7. The van der Waals surface area contributed by atoms with E-state index in [1.165, 1.54) is 13.0 Å². The molecule has 0 aliphatic heterocycles. The first-order valence-electron chi connectivity index (χ1n) is 17.3. The summed E-state index contributed by atoms with van der Waals surface area (Å²) in [5.41, 5.74) is 8.88. The third-order valence-electron chi connectivity index (χ3n) is 9.40. The third-order valence-corrected chi connectivity index (χ3v) is 11.1. The van der Waals surface area contributed by atoms with Crippen molar-refractivity contribution in [1.82, 2.24) is 19.6 Å². The SMILES string of the molecule is Cc1nn(COCC[Si](C)(C)C)c(C)c1-c1ccc(NC(=O)[C@@H](N[B]C=O)[C@@H]2CCCc3ccc(-c4ccc(=O)n(C(C)C)c4)cc32)cc1. The number of nitrogens with zero attached hydrogens (tertiary/aromatic N) is 3. The van der Waals surface area contributed by atoms with Crippen molar-refractivity contribution in [3.05, 3.63) is 93.7 Å². The maximum Gasteiger partial charge on any atom is 0.291 e. The summed E-state index contributed by atoms with van der Waals surface area (Å²) in [5.74, 6) is -0.364. The van der Waals surface area contributed by atoms with Crippen LogP contribution in [-0.2, 0) is 27.5 Å². The number of pyridine rings is 1. The second-order valence-corrected chi connectivity index (χ2v) is 20.2. The number of rotatable bonds is 14. The van der Waals surface area contributed by atoms with Crippen LogP contribution in [0.1, 0.15) is 61.2 Å². The van der Waals surface area contributed by atoms with Crippen molar-refractivity contribution in [3.63, 3.8) is 0 Å². The highest BCUT2D eigenvalue weighted by Crippen LogP contribution is 2.37. The predicted molar refractivity (Wildman–Crippen MR) is 202 cm³/mol. The molecular weight excluding hydrogens is 629 g/mol. The number of aryl methyl sites for hydroxylation is 2. The number of carbonyl (C=O) groups excluding carboxylic acids is 2. The van der Waals surface area contributed by atoms with E-state index in [1.807, 2.05) is 62.0 Å². The number of amides is 1. The van der Waals surface area contributed by atoms with Gasteiger partial charge < -0.3 is 24.6 Å². The van der Waals surface area contributed by atoms with Crippen LogP contribution in [0.15, 0.2) is 65.6 Å². The Morgan fingerprint density at radius 2 is 1.78 bits per heavy atom. The first-order valence-corrected chi connectivity index (χ1v) is 21.0. The Morgan fingerprint density at radius 1 is 1.06 bits per heavy atom. The lowest BCUT2D eigenvalue weighted by molar-refractivity contribution is -0.118. The molecule has 1 aliphatic rings. The molecule has 0 spiro atoms. The van der Waals surface area contributed by atoms with Crippen molar-refractivity contribution in [2.75, 3.05) is 11.9 Å². The average molecular weight is 679 g/mol. The number of carbonyl (C=O) groups is 2. The Labute approximate surface area is 291 Å². The topological polar surface area (TPSA) is 107 Å². The van der Waals surface area contributed by atoms with E-state index in [0.717, 1.165) is 71.1 Å². The van der Waals surface area contributed by atoms with Gasteiger partial charge in [0.2, 0.25) is 5.91 Å². The van der Waals surface area contributed by atoms with Crippen molar-refractivity contribution in [2.24, 2.45) is 0 Å². The molecule has 257 valence electrons. The molecule has 0 fully saturated rings. The van der Waals surface area contributed by atoms with Gasteiger partial charge in [0.15, 0.2) is 0 Å². The van der Waals surface area contributed by atoms with Crippen LogP contribution in [0.4, 0.5) is 5.69 Å². The van der Waals surface area contributed by atoms with Crippen LogP contribution in [0.2, 0.25) is 25.7 Å². The highest BCUT2D eigenvalue weighted by molar-refractivity contribution is 6.76. The molecule has 0 unspecified atom stereocenters. The smallest absolute Gasteiger partial charge is 0.291 e. The molecule has 2 aromatic carbocycles. The summed E-state index contributed by atoms with van der Waals surface area (Å²) < 4.78 is 9.60. The van der Waals surface area contributed by atoms with Crippen LogP contribution in [-0.4, -0.2) is 54.6 Å². The highest BCUT2D eigenvalue weighted by atomic mass is 28.3. The summed E-state index contributed by atoms with van der Waals surface area (Å²) in [6.07, 6.45) is 5.22. The highest BCUT2D eigenvalue weighted by Gasteiger charge is 2.33. The number of fused-ring (bicyclic) bond motifs is 1. The molecule has 1 aliphatic carbocycles. The van der Waals surface area contributed by atoms with Gasteiger partial charge in [0, 0.05) is 55.8 Å². The predicted octanol–water partition coefficient (Wildman–Crippen LogP) is 6.72. The standard InChI is InChI=1S/C38H49BN5O4Si/c1-25(2)43-22-31(15-18-35(43)46)30-12-11-28-9-8-10-33(34(28)21-30)37(41-39-23-45)38(47)40-32-16-13-29(14-17-32)36-26(3)42-44(27(36)4)24-48-19-20-49(5,6)7/h11-18,21-23,25,33,37,41H,8-10,19-20,24H2,1-7H3,(H,40,47)/t33-,37+/m1/s1. The first-order chi connectivity index (χ1) is 23.4. The normalized spacial score (nSPS) is 15.1. The van der Waals surface area contributed by atoms with Gasteiger partial charge in [-0.2, -0.15) is 5.10 Å². The van der Waals surface area contributed by atoms with Crippen LogP contribution < -0.4 is 16.1 Å². The maximum absolute atomic E-state index is 13.9. The minimum Gasteiger partial charge on any atom is -0.360 e.